The van der Waals surface area contributed by atoms with Gasteiger partial charge in [-0.1, -0.05) is 6.42 Å². The van der Waals surface area contributed by atoms with Gasteiger partial charge in [0.1, 0.15) is 0 Å². The van der Waals surface area contributed by atoms with E-state index < -0.39 is 0 Å². The second-order valence-corrected chi connectivity index (χ2v) is 6.60. The molecule has 1 saturated heterocycles. The maximum absolute atomic E-state index is 6.29. The molecule has 19 heavy (non-hydrogen) atoms. The number of fused-ring (bicyclic) bond motifs is 1. The van der Waals surface area contributed by atoms with Gasteiger partial charge in [0.25, 0.3) is 0 Å². The standard InChI is InChI=1S/C15H26N4/c1-11(2)19-10-17-6-13(19)8-18-7-12-4-3-5-15(16)14(12)9-18/h6,10-12,14-15H,3-5,7-9,16H2,1-2H3. The second-order valence-electron chi connectivity index (χ2n) is 6.60. The van der Waals surface area contributed by atoms with Crippen LogP contribution >= 0.6 is 0 Å². The molecule has 106 valence electrons. The molecule has 0 bridgehead atoms. The van der Waals surface area contributed by atoms with Crippen LogP contribution in [-0.2, 0) is 6.54 Å². The van der Waals surface area contributed by atoms with Crippen molar-refractivity contribution in [1.29, 1.82) is 0 Å². The largest absolute Gasteiger partial charge is 0.331 e. The Morgan fingerprint density at radius 2 is 2.21 bits per heavy atom. The number of rotatable bonds is 3. The number of nitrogens with two attached hydrogens (primary N) is 1. The average Bonchev–Trinajstić information content (AvgIpc) is 2.96. The molecular weight excluding hydrogens is 236 g/mol. The summed E-state index contributed by atoms with van der Waals surface area (Å²) in [5.41, 5.74) is 7.62. The molecule has 2 heterocycles. The number of aromatic nitrogens is 2. The Hall–Kier alpha value is -0.870. The third-order valence-corrected chi connectivity index (χ3v) is 4.92. The summed E-state index contributed by atoms with van der Waals surface area (Å²) < 4.78 is 2.28. The van der Waals surface area contributed by atoms with E-state index in [9.17, 15) is 0 Å². The quantitative estimate of drug-likeness (QED) is 0.906. The molecule has 1 saturated carbocycles. The van der Waals surface area contributed by atoms with Crippen LogP contribution in [0.2, 0.25) is 0 Å². The van der Waals surface area contributed by atoms with Crippen LogP contribution in [0.1, 0.15) is 44.8 Å². The van der Waals surface area contributed by atoms with E-state index in [0.717, 1.165) is 18.4 Å². The lowest BCUT2D eigenvalue weighted by molar-refractivity contribution is 0.259. The monoisotopic (exact) mass is 262 g/mol. The van der Waals surface area contributed by atoms with Gasteiger partial charge in [-0.3, -0.25) is 4.90 Å². The number of hydrogen-bond acceptors (Lipinski definition) is 3. The Labute approximate surface area is 116 Å². The van der Waals surface area contributed by atoms with E-state index in [-0.39, 0.29) is 0 Å². The van der Waals surface area contributed by atoms with Gasteiger partial charge in [0.2, 0.25) is 0 Å². The molecule has 1 aromatic rings. The zero-order chi connectivity index (χ0) is 13.4. The Bertz CT molecular complexity index is 426. The SMILES string of the molecule is CC(C)n1cncc1CN1CC2CCCC(N)C2C1. The summed E-state index contributed by atoms with van der Waals surface area (Å²) in [6.07, 6.45) is 7.88. The molecule has 0 radical (unpaired) electrons. The van der Waals surface area contributed by atoms with Crippen LogP contribution in [-0.4, -0.2) is 33.6 Å². The molecule has 3 atom stereocenters. The van der Waals surface area contributed by atoms with Crippen LogP contribution in [0, 0.1) is 11.8 Å². The van der Waals surface area contributed by atoms with Crippen molar-refractivity contribution >= 4 is 0 Å². The predicted molar refractivity (Wildman–Crippen MR) is 76.7 cm³/mol. The zero-order valence-electron chi connectivity index (χ0n) is 12.1. The van der Waals surface area contributed by atoms with Crippen molar-refractivity contribution < 1.29 is 0 Å². The highest BCUT2D eigenvalue weighted by atomic mass is 15.2. The van der Waals surface area contributed by atoms with Crippen molar-refractivity contribution in [2.24, 2.45) is 17.6 Å². The van der Waals surface area contributed by atoms with Crippen LogP contribution in [0.15, 0.2) is 12.5 Å². The Balaban J connectivity index is 1.67. The average molecular weight is 262 g/mol. The first-order valence-electron chi connectivity index (χ1n) is 7.64. The van der Waals surface area contributed by atoms with E-state index in [2.05, 4.69) is 28.3 Å². The molecule has 4 nitrogen and oxygen atoms in total. The molecule has 3 rings (SSSR count). The summed E-state index contributed by atoms with van der Waals surface area (Å²) in [6.45, 7) is 7.85. The second kappa shape index (κ2) is 5.25. The molecule has 0 amide bonds. The van der Waals surface area contributed by atoms with Crippen LogP contribution in [0.25, 0.3) is 0 Å². The van der Waals surface area contributed by atoms with Gasteiger partial charge >= 0.3 is 0 Å². The molecule has 1 aliphatic heterocycles. The van der Waals surface area contributed by atoms with E-state index >= 15 is 0 Å². The van der Waals surface area contributed by atoms with Gasteiger partial charge in [-0.2, -0.15) is 0 Å². The van der Waals surface area contributed by atoms with Crippen molar-refractivity contribution in [3.63, 3.8) is 0 Å². The molecule has 4 heteroatoms. The van der Waals surface area contributed by atoms with Gasteiger partial charge in [0.15, 0.2) is 0 Å². The van der Waals surface area contributed by atoms with Gasteiger partial charge in [0.05, 0.1) is 12.0 Å². The number of likely N-dealkylation sites (tertiary alicyclic amines) is 1. The molecular formula is C15H26N4. The van der Waals surface area contributed by atoms with Crippen molar-refractivity contribution in [3.8, 4) is 0 Å². The summed E-state index contributed by atoms with van der Waals surface area (Å²) in [5.74, 6) is 1.56. The minimum absolute atomic E-state index is 0.429. The maximum atomic E-state index is 6.29. The first-order chi connectivity index (χ1) is 9.15. The van der Waals surface area contributed by atoms with Crippen LogP contribution in [0.3, 0.4) is 0 Å². The van der Waals surface area contributed by atoms with E-state index in [4.69, 9.17) is 5.73 Å². The summed E-state index contributed by atoms with van der Waals surface area (Å²) in [4.78, 5) is 6.88. The number of imidazole rings is 1. The fourth-order valence-corrected chi connectivity index (χ4v) is 3.89. The highest BCUT2D eigenvalue weighted by molar-refractivity contribution is 5.02. The molecule has 3 unspecified atom stereocenters. The number of hydrogen-bond donors (Lipinski definition) is 1. The molecule has 2 N–H and O–H groups in total. The first kappa shape index (κ1) is 13.1. The van der Waals surface area contributed by atoms with Crippen LogP contribution in [0.4, 0.5) is 0 Å². The lowest BCUT2D eigenvalue weighted by Gasteiger charge is -2.29. The van der Waals surface area contributed by atoms with Gasteiger partial charge in [-0.05, 0) is 38.5 Å². The smallest absolute Gasteiger partial charge is 0.0951 e. The molecule has 0 aromatic carbocycles. The zero-order valence-corrected chi connectivity index (χ0v) is 12.1. The molecule has 2 fully saturated rings. The normalized spacial score (nSPS) is 31.9. The van der Waals surface area contributed by atoms with Crippen molar-refractivity contribution in [1.82, 2.24) is 14.5 Å². The molecule has 1 aromatic heterocycles. The van der Waals surface area contributed by atoms with Gasteiger partial charge in [0, 0.05) is 37.9 Å². The fourth-order valence-electron chi connectivity index (χ4n) is 3.89. The lowest BCUT2D eigenvalue weighted by atomic mass is 9.78. The minimum atomic E-state index is 0.429. The molecule has 1 aliphatic carbocycles. The van der Waals surface area contributed by atoms with Crippen molar-refractivity contribution in [3.05, 3.63) is 18.2 Å². The van der Waals surface area contributed by atoms with Gasteiger partial charge in [-0.15, -0.1) is 0 Å². The highest BCUT2D eigenvalue weighted by Gasteiger charge is 2.38. The van der Waals surface area contributed by atoms with E-state index in [1.807, 2.05) is 12.5 Å². The predicted octanol–water partition coefficient (Wildman–Crippen LogP) is 2.02. The maximum Gasteiger partial charge on any atom is 0.0951 e. The fraction of sp³-hybridized carbons (Fsp3) is 0.800. The Kier molecular flexibility index (Phi) is 3.63. The Morgan fingerprint density at radius 1 is 1.37 bits per heavy atom. The van der Waals surface area contributed by atoms with E-state index in [1.165, 1.54) is 38.0 Å². The third-order valence-electron chi connectivity index (χ3n) is 4.92. The van der Waals surface area contributed by atoms with Crippen LogP contribution in [0.5, 0.6) is 0 Å². The van der Waals surface area contributed by atoms with E-state index in [1.54, 1.807) is 0 Å². The van der Waals surface area contributed by atoms with Crippen molar-refractivity contribution in [2.75, 3.05) is 13.1 Å². The summed E-state index contributed by atoms with van der Waals surface area (Å²) in [5, 5.41) is 0. The number of nitrogens with zero attached hydrogens (tertiary/aromatic N) is 3. The first-order valence-corrected chi connectivity index (χ1v) is 7.64. The summed E-state index contributed by atoms with van der Waals surface area (Å²) in [6, 6.07) is 0.920. The topological polar surface area (TPSA) is 47.1 Å². The molecule has 2 aliphatic rings. The lowest BCUT2D eigenvalue weighted by Crippen LogP contribution is -2.38. The van der Waals surface area contributed by atoms with Crippen LogP contribution < -0.4 is 5.73 Å². The van der Waals surface area contributed by atoms with E-state index in [0.29, 0.717) is 12.1 Å². The summed E-state index contributed by atoms with van der Waals surface area (Å²) >= 11 is 0. The van der Waals surface area contributed by atoms with Gasteiger partial charge in [-0.25, -0.2) is 4.98 Å². The van der Waals surface area contributed by atoms with Crippen molar-refractivity contribution in [2.45, 2.75) is 51.7 Å². The third kappa shape index (κ3) is 2.56. The summed E-state index contributed by atoms with van der Waals surface area (Å²) in [7, 11) is 0. The molecule has 0 spiro atoms. The minimum Gasteiger partial charge on any atom is -0.331 e. The van der Waals surface area contributed by atoms with Gasteiger partial charge < -0.3 is 10.3 Å². The Morgan fingerprint density at radius 3 is 2.95 bits per heavy atom. The highest BCUT2D eigenvalue weighted by Crippen LogP contribution is 2.36.